The molecule has 0 bridgehead atoms. The molecular formula is C41H32. The molecule has 8 rings (SSSR count). The molecule has 0 aliphatic heterocycles. The summed E-state index contributed by atoms with van der Waals surface area (Å²) in [6.45, 7) is 4.71. The van der Waals surface area contributed by atoms with Crippen LogP contribution >= 0.6 is 0 Å². The highest BCUT2D eigenvalue weighted by Gasteiger charge is 2.40. The van der Waals surface area contributed by atoms with E-state index in [1.165, 1.54) is 76.8 Å². The first-order chi connectivity index (χ1) is 20.2. The monoisotopic (exact) mass is 524 g/mol. The zero-order valence-corrected chi connectivity index (χ0v) is 23.6. The molecule has 0 unspecified atom stereocenters. The number of hydrogen-bond donors (Lipinski definition) is 0. The smallest absolute Gasteiger partial charge is 0.0210 e. The molecule has 7 aromatic carbocycles. The molecule has 0 N–H and O–H groups in total. The van der Waals surface area contributed by atoms with Crippen molar-refractivity contribution in [1.29, 1.82) is 0 Å². The van der Waals surface area contributed by atoms with Gasteiger partial charge in [-0.3, -0.25) is 0 Å². The van der Waals surface area contributed by atoms with Crippen LogP contribution in [-0.2, 0) is 5.41 Å². The summed E-state index contributed by atoms with van der Waals surface area (Å²) >= 11 is 0. The fraction of sp³-hybridized carbons (Fsp3) is 0.122. The topological polar surface area (TPSA) is 0 Å². The summed E-state index contributed by atoms with van der Waals surface area (Å²) in [6, 6.07) is 49.8. The third-order valence-electron chi connectivity index (χ3n) is 9.72. The molecule has 7 aromatic rings. The summed E-state index contributed by atoms with van der Waals surface area (Å²) in [5.41, 5.74) is 11.0. The predicted molar refractivity (Wildman–Crippen MR) is 177 cm³/mol. The fourth-order valence-corrected chi connectivity index (χ4v) is 7.71. The minimum atomic E-state index is 0.0501. The molecule has 0 atom stereocenters. The van der Waals surface area contributed by atoms with Crippen molar-refractivity contribution in [3.8, 4) is 33.4 Å². The van der Waals surface area contributed by atoms with E-state index in [9.17, 15) is 0 Å². The van der Waals surface area contributed by atoms with Gasteiger partial charge in [-0.1, -0.05) is 129 Å². The van der Waals surface area contributed by atoms with Gasteiger partial charge in [0.05, 0.1) is 0 Å². The molecule has 0 radical (unpaired) electrons. The maximum absolute atomic E-state index is 2.49. The lowest BCUT2D eigenvalue weighted by Crippen LogP contribution is -2.23. The molecule has 0 spiro atoms. The van der Waals surface area contributed by atoms with Gasteiger partial charge in [-0.2, -0.15) is 0 Å². The lowest BCUT2D eigenvalue weighted by Gasteiger charge is -2.30. The Balaban J connectivity index is 1.46. The maximum atomic E-state index is 2.49. The van der Waals surface area contributed by atoms with Gasteiger partial charge >= 0.3 is 0 Å². The van der Waals surface area contributed by atoms with Gasteiger partial charge in [-0.15, -0.1) is 0 Å². The minimum absolute atomic E-state index is 0.0501. The molecule has 0 aromatic heterocycles. The van der Waals surface area contributed by atoms with Crippen molar-refractivity contribution in [3.63, 3.8) is 0 Å². The first-order valence-corrected chi connectivity index (χ1v) is 14.9. The van der Waals surface area contributed by atoms with Crippen LogP contribution in [0.4, 0.5) is 0 Å². The van der Waals surface area contributed by atoms with Crippen molar-refractivity contribution >= 4 is 32.3 Å². The van der Waals surface area contributed by atoms with E-state index in [2.05, 4.69) is 147 Å². The van der Waals surface area contributed by atoms with Crippen LogP contribution in [0.1, 0.15) is 37.8 Å². The molecule has 1 aliphatic rings. The third-order valence-corrected chi connectivity index (χ3v) is 9.72. The Morgan fingerprint density at radius 2 is 0.902 bits per heavy atom. The summed E-state index contributed by atoms with van der Waals surface area (Å²) < 4.78 is 0. The summed E-state index contributed by atoms with van der Waals surface area (Å²) in [4.78, 5) is 0. The van der Waals surface area contributed by atoms with Gasteiger partial charge in [0.15, 0.2) is 0 Å². The van der Waals surface area contributed by atoms with E-state index in [0.29, 0.717) is 0 Å². The largest absolute Gasteiger partial charge is 0.0642 e. The van der Waals surface area contributed by atoms with Crippen LogP contribution in [-0.4, -0.2) is 0 Å². The average Bonchev–Trinajstić information content (AvgIpc) is 3.31. The Bertz CT molecular complexity index is 2050. The van der Waals surface area contributed by atoms with E-state index in [-0.39, 0.29) is 5.41 Å². The van der Waals surface area contributed by atoms with Gasteiger partial charge < -0.3 is 0 Å². The van der Waals surface area contributed by atoms with Crippen molar-refractivity contribution in [2.45, 2.75) is 32.1 Å². The molecule has 1 aliphatic carbocycles. The van der Waals surface area contributed by atoms with E-state index in [0.717, 1.165) is 12.8 Å². The standard InChI is InChI=1S/C41H32/c1-3-41(4-2)37-23-22-30(25-35(37)36-24-28-16-8-9-17-29(28)26-38(36)41)40-33-20-12-10-18-31(33)39(27-14-6-5-7-15-27)32-19-11-13-21-34(32)40/h5-26H,3-4H2,1-2H3. The third kappa shape index (κ3) is 3.40. The molecule has 196 valence electrons. The Morgan fingerprint density at radius 1 is 0.415 bits per heavy atom. The van der Waals surface area contributed by atoms with Crippen molar-refractivity contribution in [1.82, 2.24) is 0 Å². The lowest BCUT2D eigenvalue weighted by atomic mass is 9.73. The Labute approximate surface area is 241 Å². The molecule has 41 heavy (non-hydrogen) atoms. The van der Waals surface area contributed by atoms with E-state index in [4.69, 9.17) is 0 Å². The molecular weight excluding hydrogens is 492 g/mol. The number of fused-ring (bicyclic) bond motifs is 6. The summed E-state index contributed by atoms with van der Waals surface area (Å²) in [5, 5.41) is 7.86. The van der Waals surface area contributed by atoms with Gasteiger partial charge in [0, 0.05) is 5.41 Å². The molecule has 0 nitrogen and oxygen atoms in total. The highest BCUT2D eigenvalue weighted by atomic mass is 14.4. The minimum Gasteiger partial charge on any atom is -0.0642 e. The van der Waals surface area contributed by atoms with Crippen LogP contribution < -0.4 is 0 Å². The van der Waals surface area contributed by atoms with Gasteiger partial charge in [0.1, 0.15) is 0 Å². The summed E-state index contributed by atoms with van der Waals surface area (Å²) in [6.07, 6.45) is 2.19. The fourth-order valence-electron chi connectivity index (χ4n) is 7.71. The van der Waals surface area contributed by atoms with Crippen LogP contribution in [0.25, 0.3) is 65.7 Å². The SMILES string of the molecule is CCC1(CC)c2ccc(-c3c4ccccc4c(-c4ccccc4)c4ccccc34)cc2-c2cc3ccccc3cc21. The zero-order chi connectivity index (χ0) is 27.6. The van der Waals surface area contributed by atoms with E-state index >= 15 is 0 Å². The van der Waals surface area contributed by atoms with Crippen molar-refractivity contribution in [2.75, 3.05) is 0 Å². The summed E-state index contributed by atoms with van der Waals surface area (Å²) in [7, 11) is 0. The number of benzene rings is 7. The molecule has 0 heterocycles. The molecule has 0 saturated heterocycles. The summed E-state index contributed by atoms with van der Waals surface area (Å²) in [5.74, 6) is 0. The van der Waals surface area contributed by atoms with Gasteiger partial charge in [0.25, 0.3) is 0 Å². The van der Waals surface area contributed by atoms with E-state index in [1.54, 1.807) is 0 Å². The van der Waals surface area contributed by atoms with Crippen LogP contribution in [0.3, 0.4) is 0 Å². The van der Waals surface area contributed by atoms with E-state index < -0.39 is 0 Å². The zero-order valence-electron chi connectivity index (χ0n) is 23.6. The molecule has 0 heteroatoms. The Hall–Kier alpha value is -4.68. The second-order valence-corrected chi connectivity index (χ2v) is 11.5. The van der Waals surface area contributed by atoms with Crippen LogP contribution in [0.15, 0.2) is 133 Å². The van der Waals surface area contributed by atoms with Crippen molar-refractivity contribution in [3.05, 3.63) is 145 Å². The molecule has 0 fully saturated rings. The predicted octanol–water partition coefficient (Wildman–Crippen LogP) is 11.6. The Kier molecular flexibility index (Phi) is 5.41. The van der Waals surface area contributed by atoms with Crippen LogP contribution in [0, 0.1) is 0 Å². The second kappa shape index (κ2) is 9.18. The molecule has 0 amide bonds. The number of rotatable bonds is 4. The Morgan fingerprint density at radius 3 is 1.49 bits per heavy atom. The first kappa shape index (κ1) is 24.1. The quantitative estimate of drug-likeness (QED) is 0.201. The van der Waals surface area contributed by atoms with Crippen molar-refractivity contribution < 1.29 is 0 Å². The first-order valence-electron chi connectivity index (χ1n) is 14.9. The van der Waals surface area contributed by atoms with Gasteiger partial charge in [0.2, 0.25) is 0 Å². The lowest BCUT2D eigenvalue weighted by molar-refractivity contribution is 0.491. The van der Waals surface area contributed by atoms with Crippen LogP contribution in [0.2, 0.25) is 0 Å². The number of hydrogen-bond acceptors (Lipinski definition) is 0. The second-order valence-electron chi connectivity index (χ2n) is 11.5. The maximum Gasteiger partial charge on any atom is 0.0210 e. The molecule has 0 saturated carbocycles. The van der Waals surface area contributed by atoms with Gasteiger partial charge in [-0.05, 0) is 108 Å². The average molecular weight is 525 g/mol. The normalized spacial score (nSPS) is 13.5. The highest BCUT2D eigenvalue weighted by molar-refractivity contribution is 6.21. The van der Waals surface area contributed by atoms with Crippen LogP contribution in [0.5, 0.6) is 0 Å². The van der Waals surface area contributed by atoms with E-state index in [1.807, 2.05) is 0 Å². The van der Waals surface area contributed by atoms with Gasteiger partial charge in [-0.25, -0.2) is 0 Å². The van der Waals surface area contributed by atoms with Crippen molar-refractivity contribution in [2.24, 2.45) is 0 Å². The highest BCUT2D eigenvalue weighted by Crippen LogP contribution is 2.55.